The highest BCUT2D eigenvalue weighted by molar-refractivity contribution is 7.71. The van der Waals surface area contributed by atoms with Crippen LogP contribution in [0.3, 0.4) is 0 Å². The number of carbonyl (C=O) groups excluding carboxylic acids is 2. The van der Waals surface area contributed by atoms with E-state index in [-0.39, 0.29) is 15.9 Å². The van der Waals surface area contributed by atoms with Gasteiger partial charge in [-0.1, -0.05) is 42.5 Å². The van der Waals surface area contributed by atoms with Crippen LogP contribution in [0, 0.1) is 18.6 Å². The molecule has 2 amide bonds. The van der Waals surface area contributed by atoms with Crippen molar-refractivity contribution in [1.29, 1.82) is 0 Å². The van der Waals surface area contributed by atoms with Gasteiger partial charge in [-0.3, -0.25) is 19.0 Å². The third kappa shape index (κ3) is 4.20. The van der Waals surface area contributed by atoms with Crippen molar-refractivity contribution in [2.45, 2.75) is 19.9 Å². The zero-order valence-electron chi connectivity index (χ0n) is 18.1. The topological polar surface area (TPSA) is 110 Å². The molecule has 0 aliphatic heterocycles. The van der Waals surface area contributed by atoms with Crippen LogP contribution in [0.25, 0.3) is 16.6 Å². The van der Waals surface area contributed by atoms with Gasteiger partial charge in [0.05, 0.1) is 16.6 Å². The minimum absolute atomic E-state index is 0.220. The molecule has 0 spiro atoms. The van der Waals surface area contributed by atoms with Crippen molar-refractivity contribution >= 4 is 34.9 Å². The summed E-state index contributed by atoms with van der Waals surface area (Å²) in [5.74, 6) is -1.17. The molecule has 0 aliphatic rings. The maximum absolute atomic E-state index is 13.3. The first kappa shape index (κ1) is 22.2. The van der Waals surface area contributed by atoms with Crippen molar-refractivity contribution in [2.75, 3.05) is 0 Å². The fraction of sp³-hybridized carbons (Fsp3) is 0.120. The van der Waals surface area contributed by atoms with E-state index in [0.717, 1.165) is 11.1 Å². The van der Waals surface area contributed by atoms with E-state index in [1.807, 2.05) is 32.0 Å². The molecular weight excluding hydrogens is 436 g/mol. The van der Waals surface area contributed by atoms with E-state index in [9.17, 15) is 14.4 Å². The summed E-state index contributed by atoms with van der Waals surface area (Å²) in [6, 6.07) is 18.1. The van der Waals surface area contributed by atoms with E-state index in [0.29, 0.717) is 22.2 Å². The third-order valence-electron chi connectivity index (χ3n) is 5.67. The Hall–Kier alpha value is -4.04. The molecule has 0 aliphatic carbocycles. The number of fused-ring (bicyclic) bond motifs is 1. The van der Waals surface area contributed by atoms with E-state index in [1.54, 1.807) is 42.5 Å². The quantitative estimate of drug-likeness (QED) is 0.397. The number of hydrogen-bond donors (Lipinski definition) is 3. The molecule has 4 aromatic rings. The number of aryl methyl sites for hydroxylation is 1. The number of H-pyrrole nitrogens is 1. The van der Waals surface area contributed by atoms with Gasteiger partial charge in [-0.2, -0.15) is 0 Å². The van der Waals surface area contributed by atoms with Crippen LogP contribution in [0.1, 0.15) is 33.1 Å². The van der Waals surface area contributed by atoms with Crippen LogP contribution in [-0.4, -0.2) is 21.4 Å². The highest BCUT2D eigenvalue weighted by Gasteiger charge is 2.21. The second-order valence-electron chi connectivity index (χ2n) is 7.77. The fourth-order valence-electron chi connectivity index (χ4n) is 3.73. The maximum Gasteiger partial charge on any atom is 0.266 e. The zero-order valence-corrected chi connectivity index (χ0v) is 18.9. The van der Waals surface area contributed by atoms with Crippen molar-refractivity contribution in [3.05, 3.63) is 104 Å². The first-order valence-corrected chi connectivity index (χ1v) is 10.7. The number of rotatable bonds is 5. The summed E-state index contributed by atoms with van der Waals surface area (Å²) in [5.41, 5.74) is 9.19. The molecule has 0 fully saturated rings. The minimum Gasteiger partial charge on any atom is -0.368 e. The Morgan fingerprint density at radius 1 is 1.03 bits per heavy atom. The number of primary amides is 1. The van der Waals surface area contributed by atoms with Gasteiger partial charge in [0.25, 0.3) is 11.5 Å². The third-order valence-corrected chi connectivity index (χ3v) is 5.95. The van der Waals surface area contributed by atoms with Gasteiger partial charge in [-0.15, -0.1) is 0 Å². The van der Waals surface area contributed by atoms with Gasteiger partial charge < -0.3 is 16.0 Å². The fourth-order valence-corrected chi connectivity index (χ4v) is 4.03. The molecule has 1 unspecified atom stereocenters. The summed E-state index contributed by atoms with van der Waals surface area (Å²) >= 11 is 5.47. The van der Waals surface area contributed by atoms with Crippen molar-refractivity contribution < 1.29 is 9.59 Å². The first-order chi connectivity index (χ1) is 15.8. The number of aromatic nitrogens is 2. The summed E-state index contributed by atoms with van der Waals surface area (Å²) in [6.45, 7) is 3.91. The summed E-state index contributed by atoms with van der Waals surface area (Å²) in [7, 11) is 0. The Bertz CT molecular complexity index is 1510. The largest absolute Gasteiger partial charge is 0.368 e. The smallest absolute Gasteiger partial charge is 0.266 e. The van der Waals surface area contributed by atoms with Gasteiger partial charge in [0.2, 0.25) is 5.91 Å². The standard InChI is InChI=1S/C25H22N4O3S/c1-14-7-6-10-20(15(14)2)29-24(32)18-12-11-17(13-19(18)27-25(29)33)23(31)28-21(22(26)30)16-8-4-3-5-9-16/h3-13,21H,1-2H3,(H2,26,30)(H,27,33)(H,28,31). The van der Waals surface area contributed by atoms with Gasteiger partial charge >= 0.3 is 0 Å². The molecule has 1 aromatic heterocycles. The van der Waals surface area contributed by atoms with Crippen LogP contribution in [-0.2, 0) is 4.79 Å². The lowest BCUT2D eigenvalue weighted by Gasteiger charge is -2.16. The predicted molar refractivity (Wildman–Crippen MR) is 130 cm³/mol. The molecule has 4 N–H and O–H groups in total. The van der Waals surface area contributed by atoms with Crippen molar-refractivity contribution in [3.8, 4) is 5.69 Å². The zero-order chi connectivity index (χ0) is 23.7. The number of hydrogen-bond acceptors (Lipinski definition) is 4. The highest BCUT2D eigenvalue weighted by Crippen LogP contribution is 2.19. The molecule has 8 heteroatoms. The Labute approximate surface area is 194 Å². The number of amides is 2. The van der Waals surface area contributed by atoms with Gasteiger partial charge in [0.1, 0.15) is 6.04 Å². The molecule has 0 bridgehead atoms. The van der Waals surface area contributed by atoms with Crippen molar-refractivity contribution in [1.82, 2.24) is 14.9 Å². The molecular formula is C25H22N4O3S. The van der Waals surface area contributed by atoms with E-state index in [4.69, 9.17) is 18.0 Å². The first-order valence-electron chi connectivity index (χ1n) is 10.3. The molecule has 166 valence electrons. The van der Waals surface area contributed by atoms with Gasteiger partial charge in [0.15, 0.2) is 4.77 Å². The molecule has 33 heavy (non-hydrogen) atoms. The molecule has 0 radical (unpaired) electrons. The molecule has 1 heterocycles. The number of aromatic amines is 1. The van der Waals surface area contributed by atoms with Crippen LogP contribution in [0.15, 0.2) is 71.5 Å². The maximum atomic E-state index is 13.3. The normalized spacial score (nSPS) is 11.8. The highest BCUT2D eigenvalue weighted by atomic mass is 32.1. The molecule has 1 atom stereocenters. The average Bonchev–Trinajstić information content (AvgIpc) is 2.80. The molecule has 0 saturated carbocycles. The SMILES string of the molecule is Cc1cccc(-n2c(=S)[nH]c3cc(C(=O)NC(C(N)=O)c4ccccc4)ccc3c2=O)c1C. The number of nitrogens with zero attached hydrogens (tertiary/aromatic N) is 1. The van der Waals surface area contributed by atoms with Gasteiger partial charge in [-0.25, -0.2) is 0 Å². The second-order valence-corrected chi connectivity index (χ2v) is 8.16. The van der Waals surface area contributed by atoms with E-state index >= 15 is 0 Å². The van der Waals surface area contributed by atoms with Crippen LogP contribution >= 0.6 is 12.2 Å². The molecule has 4 rings (SSSR count). The number of benzene rings is 3. The summed E-state index contributed by atoms with van der Waals surface area (Å²) in [5, 5.41) is 3.04. The van der Waals surface area contributed by atoms with Gasteiger partial charge in [-0.05, 0) is 67.0 Å². The van der Waals surface area contributed by atoms with Crippen LogP contribution in [0.4, 0.5) is 0 Å². The number of carbonyl (C=O) groups is 2. The lowest BCUT2D eigenvalue weighted by atomic mass is 10.1. The Kier molecular flexibility index (Phi) is 5.93. The van der Waals surface area contributed by atoms with Crippen LogP contribution < -0.4 is 16.6 Å². The molecule has 0 saturated heterocycles. The monoisotopic (exact) mass is 458 g/mol. The van der Waals surface area contributed by atoms with Crippen molar-refractivity contribution in [2.24, 2.45) is 5.73 Å². The summed E-state index contributed by atoms with van der Waals surface area (Å²) in [6.07, 6.45) is 0. The average molecular weight is 459 g/mol. The lowest BCUT2D eigenvalue weighted by Crippen LogP contribution is -2.37. The second kappa shape index (κ2) is 8.84. The molecule has 3 aromatic carbocycles. The summed E-state index contributed by atoms with van der Waals surface area (Å²) in [4.78, 5) is 41.1. The minimum atomic E-state index is -0.981. The lowest BCUT2D eigenvalue weighted by molar-refractivity contribution is -0.120. The van der Waals surface area contributed by atoms with E-state index in [1.165, 1.54) is 10.6 Å². The van der Waals surface area contributed by atoms with Crippen LogP contribution in [0.2, 0.25) is 0 Å². The Morgan fingerprint density at radius 3 is 2.45 bits per heavy atom. The van der Waals surface area contributed by atoms with E-state index < -0.39 is 17.9 Å². The summed E-state index contributed by atoms with van der Waals surface area (Å²) < 4.78 is 1.68. The molecule has 7 nitrogen and oxygen atoms in total. The van der Waals surface area contributed by atoms with Gasteiger partial charge in [0, 0.05) is 5.56 Å². The Morgan fingerprint density at radius 2 is 1.76 bits per heavy atom. The van der Waals surface area contributed by atoms with E-state index in [2.05, 4.69) is 10.3 Å². The number of nitrogens with two attached hydrogens (primary N) is 1. The number of nitrogens with one attached hydrogen (secondary N) is 2. The van der Waals surface area contributed by atoms with Crippen LogP contribution in [0.5, 0.6) is 0 Å². The van der Waals surface area contributed by atoms with Crippen molar-refractivity contribution in [3.63, 3.8) is 0 Å². The predicted octanol–water partition coefficient (Wildman–Crippen LogP) is 3.62. The Balaban J connectivity index is 1.74.